The van der Waals surface area contributed by atoms with E-state index in [0.717, 1.165) is 78.0 Å². The molecule has 1 aliphatic rings. The van der Waals surface area contributed by atoms with Crippen LogP contribution in [0.15, 0.2) is 239 Å². The van der Waals surface area contributed by atoms with E-state index in [0.29, 0.717) is 0 Å². The standard InChI is InChI=1S/C65H44N2O2/c1-65(2)56-25-13-22-51-54-40-47(67(45-18-7-4-8-19-45)59-27-15-24-53-50-21-10-12-29-61(50)69-64(53)59)36-32-43(54)38-55(62(51)56)48-37-33-42(39-57(48)65)41-30-34-46(35-31-41)66(44-16-5-3-6-17-44)58-26-14-23-52-49-20-9-11-28-60(49)68-63(52)58/h3-40H,1-2H3. The van der Waals surface area contributed by atoms with Gasteiger partial charge in [-0.1, -0.05) is 159 Å². The number of para-hydroxylation sites is 6. The van der Waals surface area contributed by atoms with E-state index in [1.165, 1.54) is 54.9 Å². The van der Waals surface area contributed by atoms with Gasteiger partial charge in [0.2, 0.25) is 0 Å². The minimum Gasteiger partial charge on any atom is -0.454 e. The van der Waals surface area contributed by atoms with Gasteiger partial charge in [0, 0.05) is 49.7 Å². The number of benzene rings is 11. The van der Waals surface area contributed by atoms with Crippen LogP contribution in [0.3, 0.4) is 0 Å². The van der Waals surface area contributed by atoms with E-state index >= 15 is 0 Å². The summed E-state index contributed by atoms with van der Waals surface area (Å²) in [6, 6.07) is 83.0. The Labute approximate surface area is 399 Å². The number of furan rings is 2. The second-order valence-electron chi connectivity index (χ2n) is 18.8. The van der Waals surface area contributed by atoms with Gasteiger partial charge in [0.1, 0.15) is 11.2 Å². The van der Waals surface area contributed by atoms with Crippen molar-refractivity contribution in [3.63, 3.8) is 0 Å². The molecule has 0 atom stereocenters. The largest absolute Gasteiger partial charge is 0.454 e. The highest BCUT2D eigenvalue weighted by molar-refractivity contribution is 6.18. The molecule has 0 bridgehead atoms. The summed E-state index contributed by atoms with van der Waals surface area (Å²) in [5.74, 6) is 0. The third-order valence-electron chi connectivity index (χ3n) is 14.6. The van der Waals surface area contributed by atoms with Crippen molar-refractivity contribution in [2.24, 2.45) is 0 Å². The van der Waals surface area contributed by atoms with Crippen molar-refractivity contribution in [3.8, 4) is 22.3 Å². The van der Waals surface area contributed by atoms with Gasteiger partial charge >= 0.3 is 0 Å². The van der Waals surface area contributed by atoms with E-state index < -0.39 is 0 Å². The molecule has 0 aliphatic heterocycles. The molecule has 0 saturated carbocycles. The van der Waals surface area contributed by atoms with Crippen LogP contribution in [0.25, 0.3) is 87.7 Å². The van der Waals surface area contributed by atoms with Crippen LogP contribution in [-0.2, 0) is 5.41 Å². The normalized spacial score (nSPS) is 12.9. The predicted molar refractivity (Wildman–Crippen MR) is 288 cm³/mol. The van der Waals surface area contributed by atoms with Crippen LogP contribution in [0, 0.1) is 0 Å². The first-order chi connectivity index (χ1) is 34.0. The number of hydrogen-bond acceptors (Lipinski definition) is 4. The van der Waals surface area contributed by atoms with E-state index in [-0.39, 0.29) is 5.41 Å². The zero-order valence-electron chi connectivity index (χ0n) is 38.2. The van der Waals surface area contributed by atoms with Crippen molar-refractivity contribution in [1.82, 2.24) is 0 Å². The molecule has 4 nitrogen and oxygen atoms in total. The molecule has 14 rings (SSSR count). The van der Waals surface area contributed by atoms with Crippen LogP contribution in [0.5, 0.6) is 0 Å². The first-order valence-corrected chi connectivity index (χ1v) is 23.7. The fraction of sp³-hybridized carbons (Fsp3) is 0.0462. The Morgan fingerprint density at radius 2 is 0.841 bits per heavy atom. The molecule has 0 spiro atoms. The minimum atomic E-state index is -0.258. The second-order valence-corrected chi connectivity index (χ2v) is 18.8. The third-order valence-corrected chi connectivity index (χ3v) is 14.6. The van der Waals surface area contributed by atoms with Gasteiger partial charge in [0.15, 0.2) is 11.2 Å². The van der Waals surface area contributed by atoms with Gasteiger partial charge in [0.05, 0.1) is 11.4 Å². The minimum absolute atomic E-state index is 0.258. The smallest absolute Gasteiger partial charge is 0.159 e. The molecule has 13 aromatic rings. The van der Waals surface area contributed by atoms with Gasteiger partial charge in [-0.05, 0) is 140 Å². The molecular formula is C65H44N2O2. The third kappa shape index (κ3) is 6.02. The van der Waals surface area contributed by atoms with E-state index in [4.69, 9.17) is 8.83 Å². The molecule has 0 radical (unpaired) electrons. The molecule has 0 saturated heterocycles. The summed E-state index contributed by atoms with van der Waals surface area (Å²) in [5.41, 5.74) is 17.2. The summed E-state index contributed by atoms with van der Waals surface area (Å²) in [4.78, 5) is 4.64. The summed E-state index contributed by atoms with van der Waals surface area (Å²) in [6.45, 7) is 4.77. The maximum atomic E-state index is 6.63. The maximum absolute atomic E-state index is 6.63. The summed E-state index contributed by atoms with van der Waals surface area (Å²) in [5, 5.41) is 9.47. The van der Waals surface area contributed by atoms with Gasteiger partial charge in [0.25, 0.3) is 0 Å². The molecule has 11 aromatic carbocycles. The average molecular weight is 885 g/mol. The monoisotopic (exact) mass is 884 g/mol. The van der Waals surface area contributed by atoms with Crippen molar-refractivity contribution >= 4 is 99.5 Å². The number of hydrogen-bond donors (Lipinski definition) is 0. The molecule has 0 N–H and O–H groups in total. The number of fused-ring (bicyclic) bond motifs is 10. The van der Waals surface area contributed by atoms with Gasteiger partial charge in [-0.2, -0.15) is 0 Å². The van der Waals surface area contributed by atoms with E-state index in [1.807, 2.05) is 18.2 Å². The molecule has 69 heavy (non-hydrogen) atoms. The molecule has 2 heterocycles. The van der Waals surface area contributed by atoms with Crippen LogP contribution >= 0.6 is 0 Å². The molecule has 0 fully saturated rings. The fourth-order valence-corrected chi connectivity index (χ4v) is 11.3. The topological polar surface area (TPSA) is 32.8 Å². The lowest BCUT2D eigenvalue weighted by Crippen LogP contribution is -2.23. The van der Waals surface area contributed by atoms with Crippen LogP contribution < -0.4 is 9.80 Å². The van der Waals surface area contributed by atoms with E-state index in [9.17, 15) is 0 Å². The highest BCUT2D eigenvalue weighted by atomic mass is 16.3. The van der Waals surface area contributed by atoms with Gasteiger partial charge in [-0.25, -0.2) is 0 Å². The fourth-order valence-electron chi connectivity index (χ4n) is 11.3. The number of rotatable bonds is 7. The van der Waals surface area contributed by atoms with Gasteiger partial charge in [-0.3, -0.25) is 0 Å². The molecule has 2 aromatic heterocycles. The van der Waals surface area contributed by atoms with Crippen molar-refractivity contribution in [2.75, 3.05) is 9.80 Å². The van der Waals surface area contributed by atoms with Crippen LogP contribution in [-0.4, -0.2) is 0 Å². The average Bonchev–Trinajstić information content (AvgIpc) is 3.99. The lowest BCUT2D eigenvalue weighted by Gasteiger charge is -2.36. The summed E-state index contributed by atoms with van der Waals surface area (Å²) in [7, 11) is 0. The Balaban J connectivity index is 0.871. The quantitative estimate of drug-likeness (QED) is 0.149. The van der Waals surface area contributed by atoms with Crippen molar-refractivity contribution in [1.29, 1.82) is 0 Å². The second kappa shape index (κ2) is 15.1. The Kier molecular flexibility index (Phi) is 8.59. The summed E-state index contributed by atoms with van der Waals surface area (Å²) >= 11 is 0. The summed E-state index contributed by atoms with van der Waals surface area (Å²) < 4.78 is 13.2. The molecule has 0 unspecified atom stereocenters. The maximum Gasteiger partial charge on any atom is 0.159 e. The number of anilines is 6. The van der Waals surface area contributed by atoms with E-state index in [1.54, 1.807) is 0 Å². The Morgan fingerprint density at radius 3 is 1.48 bits per heavy atom. The van der Waals surface area contributed by atoms with Crippen molar-refractivity contribution in [2.45, 2.75) is 19.3 Å². The predicted octanol–water partition coefficient (Wildman–Crippen LogP) is 18.7. The number of nitrogens with zero attached hydrogens (tertiary/aromatic N) is 2. The van der Waals surface area contributed by atoms with Crippen LogP contribution in [0.1, 0.15) is 25.0 Å². The SMILES string of the molecule is CC1(C)c2cc(-c3ccc(N(c4ccccc4)c4cccc5c4oc4ccccc45)cc3)ccc2-c2cc3ccc(N(c4ccccc4)c4cccc5c4oc4ccccc45)cc3c3cccc1c23. The first-order valence-electron chi connectivity index (χ1n) is 23.7. The molecular weight excluding hydrogens is 841 g/mol. The molecule has 4 heteroatoms. The van der Waals surface area contributed by atoms with E-state index in [2.05, 4.69) is 236 Å². The lowest BCUT2D eigenvalue weighted by atomic mass is 9.67. The van der Waals surface area contributed by atoms with Crippen LogP contribution in [0.4, 0.5) is 34.1 Å². The Bertz CT molecular complexity index is 4170. The van der Waals surface area contributed by atoms with Crippen LogP contribution in [0.2, 0.25) is 0 Å². The lowest BCUT2D eigenvalue weighted by molar-refractivity contribution is 0.645. The zero-order chi connectivity index (χ0) is 45.8. The first kappa shape index (κ1) is 39.3. The highest BCUT2D eigenvalue weighted by Gasteiger charge is 2.34. The molecule has 326 valence electrons. The van der Waals surface area contributed by atoms with Gasteiger partial charge < -0.3 is 18.6 Å². The highest BCUT2D eigenvalue weighted by Crippen LogP contribution is 2.52. The Hall–Kier alpha value is -8.86. The molecule has 0 amide bonds. The van der Waals surface area contributed by atoms with Crippen molar-refractivity contribution < 1.29 is 8.83 Å². The zero-order valence-corrected chi connectivity index (χ0v) is 38.2. The Morgan fingerprint density at radius 1 is 0.333 bits per heavy atom. The summed E-state index contributed by atoms with van der Waals surface area (Å²) in [6.07, 6.45) is 0. The van der Waals surface area contributed by atoms with Crippen molar-refractivity contribution in [3.05, 3.63) is 242 Å². The van der Waals surface area contributed by atoms with Gasteiger partial charge in [-0.15, -0.1) is 0 Å². The molecule has 1 aliphatic carbocycles.